The fourth-order valence-electron chi connectivity index (χ4n) is 2.42. The number of rotatable bonds is 4. The first-order chi connectivity index (χ1) is 9.16. The summed E-state index contributed by atoms with van der Waals surface area (Å²) in [4.78, 5) is 28.5. The fourth-order valence-corrected chi connectivity index (χ4v) is 2.42. The molecule has 1 aromatic heterocycles. The number of carboxylic acid groups (broad SMARTS) is 1. The number of carbonyl (C=O) groups excluding carboxylic acids is 1. The average molecular weight is 262 g/mol. The smallest absolute Gasteiger partial charge is 0.303 e. The number of carboxylic acids is 1. The molecular weight excluding hydrogens is 244 g/mol. The lowest BCUT2D eigenvalue weighted by Gasteiger charge is -2.31. The van der Waals surface area contributed by atoms with Crippen LogP contribution in [-0.2, 0) is 4.79 Å². The standard InChI is InChI=1S/C14H18N2O3/c17-13(18)4-3-11-5-8-16(9-6-11)14(19)12-2-1-7-15-10-12/h1-2,7,10-11H,3-6,8-9H2,(H,17,18). The highest BCUT2D eigenvalue weighted by atomic mass is 16.4. The van der Waals surface area contributed by atoms with Crippen LogP contribution in [0.3, 0.4) is 0 Å². The Hall–Kier alpha value is -1.91. The van der Waals surface area contributed by atoms with Crippen molar-refractivity contribution in [3.8, 4) is 0 Å². The van der Waals surface area contributed by atoms with Crippen LogP contribution < -0.4 is 0 Å². The molecule has 0 atom stereocenters. The summed E-state index contributed by atoms with van der Waals surface area (Å²) in [6.45, 7) is 1.41. The van der Waals surface area contributed by atoms with Crippen LogP contribution in [-0.4, -0.2) is 40.0 Å². The van der Waals surface area contributed by atoms with Crippen LogP contribution in [0, 0.1) is 5.92 Å². The summed E-state index contributed by atoms with van der Waals surface area (Å²) in [7, 11) is 0. The van der Waals surface area contributed by atoms with Crippen LogP contribution in [0.5, 0.6) is 0 Å². The highest BCUT2D eigenvalue weighted by molar-refractivity contribution is 5.93. The molecule has 2 rings (SSSR count). The lowest BCUT2D eigenvalue weighted by molar-refractivity contribution is -0.137. The van der Waals surface area contributed by atoms with Crippen molar-refractivity contribution in [3.05, 3.63) is 30.1 Å². The summed E-state index contributed by atoms with van der Waals surface area (Å²) >= 11 is 0. The molecule has 1 aliphatic heterocycles. The summed E-state index contributed by atoms with van der Waals surface area (Å²) in [5, 5.41) is 8.66. The second kappa shape index (κ2) is 6.31. The summed E-state index contributed by atoms with van der Waals surface area (Å²) in [5.41, 5.74) is 0.617. The molecule has 1 saturated heterocycles. The minimum Gasteiger partial charge on any atom is -0.481 e. The van der Waals surface area contributed by atoms with Gasteiger partial charge in [0.1, 0.15) is 0 Å². The monoisotopic (exact) mass is 262 g/mol. The normalized spacial score (nSPS) is 16.3. The van der Waals surface area contributed by atoms with Crippen molar-refractivity contribution in [2.45, 2.75) is 25.7 Å². The van der Waals surface area contributed by atoms with E-state index in [2.05, 4.69) is 4.98 Å². The van der Waals surface area contributed by atoms with E-state index in [1.165, 1.54) is 0 Å². The summed E-state index contributed by atoms with van der Waals surface area (Å²) in [5.74, 6) is -0.298. The van der Waals surface area contributed by atoms with Crippen LogP contribution >= 0.6 is 0 Å². The molecule has 1 amide bonds. The van der Waals surface area contributed by atoms with Crippen LogP contribution in [0.15, 0.2) is 24.5 Å². The second-order valence-corrected chi connectivity index (χ2v) is 4.91. The number of piperidine rings is 1. The van der Waals surface area contributed by atoms with E-state index < -0.39 is 5.97 Å². The van der Waals surface area contributed by atoms with Gasteiger partial charge in [-0.05, 0) is 37.3 Å². The first kappa shape index (κ1) is 13.5. The summed E-state index contributed by atoms with van der Waals surface area (Å²) < 4.78 is 0. The number of nitrogens with zero attached hydrogens (tertiary/aromatic N) is 2. The predicted molar refractivity (Wildman–Crippen MR) is 69.7 cm³/mol. The predicted octanol–water partition coefficient (Wildman–Crippen LogP) is 1.80. The van der Waals surface area contributed by atoms with E-state index >= 15 is 0 Å². The highest BCUT2D eigenvalue weighted by Gasteiger charge is 2.23. The Bertz CT molecular complexity index is 439. The van der Waals surface area contributed by atoms with Gasteiger partial charge in [0.25, 0.3) is 5.91 Å². The zero-order valence-electron chi connectivity index (χ0n) is 10.8. The molecule has 2 heterocycles. The molecule has 0 saturated carbocycles. The van der Waals surface area contributed by atoms with Crippen molar-refractivity contribution in [2.75, 3.05) is 13.1 Å². The Balaban J connectivity index is 1.83. The molecular formula is C14H18N2O3. The van der Waals surface area contributed by atoms with Crippen LogP contribution in [0.2, 0.25) is 0 Å². The molecule has 1 N–H and O–H groups in total. The maximum atomic E-state index is 12.2. The lowest BCUT2D eigenvalue weighted by atomic mass is 9.92. The van der Waals surface area contributed by atoms with Crippen molar-refractivity contribution >= 4 is 11.9 Å². The molecule has 0 aliphatic carbocycles. The zero-order chi connectivity index (χ0) is 13.7. The Kier molecular flexibility index (Phi) is 4.49. The van der Waals surface area contributed by atoms with E-state index in [9.17, 15) is 9.59 Å². The summed E-state index contributed by atoms with van der Waals surface area (Å²) in [6.07, 6.45) is 5.94. The van der Waals surface area contributed by atoms with E-state index in [0.717, 1.165) is 12.8 Å². The topological polar surface area (TPSA) is 70.5 Å². The number of carbonyl (C=O) groups is 2. The Morgan fingerprint density at radius 1 is 1.37 bits per heavy atom. The highest BCUT2D eigenvalue weighted by Crippen LogP contribution is 2.22. The molecule has 5 nitrogen and oxygen atoms in total. The molecule has 19 heavy (non-hydrogen) atoms. The minimum absolute atomic E-state index is 0.0183. The van der Waals surface area contributed by atoms with Crippen molar-refractivity contribution < 1.29 is 14.7 Å². The summed E-state index contributed by atoms with van der Waals surface area (Å²) in [6, 6.07) is 3.53. The van der Waals surface area contributed by atoms with Gasteiger partial charge < -0.3 is 10.0 Å². The Labute approximate surface area is 112 Å². The molecule has 102 valence electrons. The molecule has 1 fully saturated rings. The molecule has 0 radical (unpaired) electrons. The first-order valence-electron chi connectivity index (χ1n) is 6.58. The third kappa shape index (κ3) is 3.77. The van der Waals surface area contributed by atoms with Gasteiger partial charge >= 0.3 is 5.97 Å². The van der Waals surface area contributed by atoms with Gasteiger partial charge in [0, 0.05) is 31.9 Å². The van der Waals surface area contributed by atoms with E-state index in [1.807, 2.05) is 4.90 Å². The SMILES string of the molecule is O=C(O)CCC1CCN(C(=O)c2cccnc2)CC1. The van der Waals surface area contributed by atoms with Crippen LogP contribution in [0.1, 0.15) is 36.0 Å². The molecule has 5 heteroatoms. The van der Waals surface area contributed by atoms with Crippen molar-refractivity contribution in [1.29, 1.82) is 0 Å². The minimum atomic E-state index is -0.742. The Morgan fingerprint density at radius 2 is 2.11 bits per heavy atom. The van der Waals surface area contributed by atoms with Crippen LogP contribution in [0.4, 0.5) is 0 Å². The number of hydrogen-bond acceptors (Lipinski definition) is 3. The molecule has 1 aromatic rings. The number of likely N-dealkylation sites (tertiary alicyclic amines) is 1. The second-order valence-electron chi connectivity index (χ2n) is 4.91. The molecule has 0 unspecified atom stereocenters. The van der Waals surface area contributed by atoms with Gasteiger partial charge in [-0.3, -0.25) is 14.6 Å². The first-order valence-corrected chi connectivity index (χ1v) is 6.58. The molecule has 0 aromatic carbocycles. The largest absolute Gasteiger partial charge is 0.481 e. The third-order valence-electron chi connectivity index (χ3n) is 3.58. The molecule has 1 aliphatic rings. The van der Waals surface area contributed by atoms with E-state index in [1.54, 1.807) is 24.5 Å². The molecule has 0 bridgehead atoms. The van der Waals surface area contributed by atoms with Crippen molar-refractivity contribution in [1.82, 2.24) is 9.88 Å². The quantitative estimate of drug-likeness (QED) is 0.898. The average Bonchev–Trinajstić information content (AvgIpc) is 2.46. The maximum Gasteiger partial charge on any atom is 0.303 e. The third-order valence-corrected chi connectivity index (χ3v) is 3.58. The zero-order valence-corrected chi connectivity index (χ0v) is 10.8. The lowest BCUT2D eigenvalue weighted by Crippen LogP contribution is -2.38. The number of pyridine rings is 1. The van der Waals surface area contributed by atoms with Gasteiger partial charge in [-0.25, -0.2) is 0 Å². The number of amides is 1. The maximum absolute atomic E-state index is 12.2. The number of hydrogen-bond donors (Lipinski definition) is 1. The number of aromatic nitrogens is 1. The van der Waals surface area contributed by atoms with Crippen molar-refractivity contribution in [2.24, 2.45) is 5.92 Å². The van der Waals surface area contributed by atoms with Crippen molar-refractivity contribution in [3.63, 3.8) is 0 Å². The van der Waals surface area contributed by atoms with Gasteiger partial charge in [0.05, 0.1) is 5.56 Å². The van der Waals surface area contributed by atoms with Gasteiger partial charge in [0.2, 0.25) is 0 Å². The van der Waals surface area contributed by atoms with E-state index in [0.29, 0.717) is 31.0 Å². The van der Waals surface area contributed by atoms with E-state index in [4.69, 9.17) is 5.11 Å². The van der Waals surface area contributed by atoms with Gasteiger partial charge in [-0.1, -0.05) is 0 Å². The van der Waals surface area contributed by atoms with Gasteiger partial charge in [-0.15, -0.1) is 0 Å². The Morgan fingerprint density at radius 3 is 2.68 bits per heavy atom. The number of aliphatic carboxylic acids is 1. The van der Waals surface area contributed by atoms with Crippen LogP contribution in [0.25, 0.3) is 0 Å². The fraction of sp³-hybridized carbons (Fsp3) is 0.500. The van der Waals surface area contributed by atoms with Gasteiger partial charge in [-0.2, -0.15) is 0 Å². The molecule has 0 spiro atoms. The van der Waals surface area contributed by atoms with Gasteiger partial charge in [0.15, 0.2) is 0 Å². The van der Waals surface area contributed by atoms with E-state index in [-0.39, 0.29) is 12.3 Å².